The summed E-state index contributed by atoms with van der Waals surface area (Å²) < 4.78 is 5.52. The SMILES string of the molecule is Cc1ccc(-c2csc(NC(=O)CSc3ccccc3)n2)o1. The maximum Gasteiger partial charge on any atom is 0.236 e. The molecule has 3 aromatic rings. The van der Waals surface area contributed by atoms with Crippen LogP contribution in [0.25, 0.3) is 11.5 Å². The summed E-state index contributed by atoms with van der Waals surface area (Å²) in [7, 11) is 0. The van der Waals surface area contributed by atoms with Crippen LogP contribution in [0.1, 0.15) is 5.76 Å². The van der Waals surface area contributed by atoms with E-state index in [1.165, 1.54) is 23.1 Å². The Balaban J connectivity index is 1.57. The number of thioether (sulfide) groups is 1. The first-order valence-corrected chi connectivity index (χ1v) is 8.57. The fraction of sp³-hybridized carbons (Fsp3) is 0.125. The summed E-state index contributed by atoms with van der Waals surface area (Å²) in [5.74, 6) is 1.85. The van der Waals surface area contributed by atoms with Gasteiger partial charge in [0.15, 0.2) is 10.9 Å². The lowest BCUT2D eigenvalue weighted by Gasteiger charge is -2.01. The maximum absolute atomic E-state index is 11.9. The van der Waals surface area contributed by atoms with E-state index in [4.69, 9.17) is 4.42 Å². The van der Waals surface area contributed by atoms with Crippen molar-refractivity contribution < 1.29 is 9.21 Å². The molecule has 112 valence electrons. The predicted molar refractivity (Wildman–Crippen MR) is 90.3 cm³/mol. The van der Waals surface area contributed by atoms with Gasteiger partial charge in [-0.15, -0.1) is 23.1 Å². The fourth-order valence-electron chi connectivity index (χ4n) is 1.84. The smallest absolute Gasteiger partial charge is 0.236 e. The van der Waals surface area contributed by atoms with Gasteiger partial charge in [0.2, 0.25) is 5.91 Å². The van der Waals surface area contributed by atoms with Crippen LogP contribution in [0.15, 0.2) is 57.2 Å². The average Bonchev–Trinajstić information content (AvgIpc) is 3.15. The molecule has 0 aliphatic carbocycles. The second-order valence-corrected chi connectivity index (χ2v) is 6.50. The van der Waals surface area contributed by atoms with Gasteiger partial charge in [-0.2, -0.15) is 0 Å². The molecule has 22 heavy (non-hydrogen) atoms. The fourth-order valence-corrected chi connectivity index (χ4v) is 3.27. The molecule has 0 saturated heterocycles. The highest BCUT2D eigenvalue weighted by molar-refractivity contribution is 8.00. The first kappa shape index (κ1) is 14.9. The normalized spacial score (nSPS) is 10.6. The summed E-state index contributed by atoms with van der Waals surface area (Å²) in [6.45, 7) is 1.89. The van der Waals surface area contributed by atoms with Gasteiger partial charge >= 0.3 is 0 Å². The van der Waals surface area contributed by atoms with Crippen LogP contribution < -0.4 is 5.32 Å². The second-order valence-electron chi connectivity index (χ2n) is 4.60. The highest BCUT2D eigenvalue weighted by Gasteiger charge is 2.10. The molecule has 3 rings (SSSR count). The number of rotatable bonds is 5. The minimum atomic E-state index is -0.0645. The van der Waals surface area contributed by atoms with E-state index >= 15 is 0 Å². The molecule has 0 fully saturated rings. The van der Waals surface area contributed by atoms with E-state index in [2.05, 4.69) is 10.3 Å². The van der Waals surface area contributed by atoms with Gasteiger partial charge in [0.1, 0.15) is 11.5 Å². The molecule has 2 heterocycles. The Morgan fingerprint density at radius 3 is 2.82 bits per heavy atom. The minimum absolute atomic E-state index is 0.0645. The lowest BCUT2D eigenvalue weighted by atomic mass is 10.4. The number of aryl methyl sites for hydroxylation is 1. The summed E-state index contributed by atoms with van der Waals surface area (Å²) in [6, 6.07) is 13.6. The van der Waals surface area contributed by atoms with Crippen LogP contribution in [0.3, 0.4) is 0 Å². The molecule has 0 aliphatic heterocycles. The monoisotopic (exact) mass is 330 g/mol. The van der Waals surface area contributed by atoms with Gasteiger partial charge in [0.05, 0.1) is 5.75 Å². The third-order valence-corrected chi connectivity index (χ3v) is 4.63. The first-order valence-electron chi connectivity index (χ1n) is 6.71. The van der Waals surface area contributed by atoms with Gasteiger partial charge in [-0.1, -0.05) is 18.2 Å². The third-order valence-electron chi connectivity index (χ3n) is 2.86. The van der Waals surface area contributed by atoms with Gasteiger partial charge in [-0.25, -0.2) is 4.98 Å². The third kappa shape index (κ3) is 3.78. The Morgan fingerprint density at radius 2 is 2.09 bits per heavy atom. The molecule has 4 nitrogen and oxygen atoms in total. The van der Waals surface area contributed by atoms with Crippen LogP contribution in [0.2, 0.25) is 0 Å². The molecule has 0 aliphatic rings. The standard InChI is InChI=1S/C16H14N2O2S2/c1-11-7-8-14(20-11)13-9-22-16(17-13)18-15(19)10-21-12-5-3-2-4-6-12/h2-9H,10H2,1H3,(H,17,18,19). The largest absolute Gasteiger partial charge is 0.460 e. The Labute approximate surface area is 136 Å². The van der Waals surface area contributed by atoms with E-state index in [0.717, 1.165) is 16.3 Å². The molecular weight excluding hydrogens is 316 g/mol. The molecule has 1 aromatic carbocycles. The van der Waals surface area contributed by atoms with E-state index in [-0.39, 0.29) is 5.91 Å². The van der Waals surface area contributed by atoms with Gasteiger partial charge in [0, 0.05) is 10.3 Å². The van der Waals surface area contributed by atoms with Crippen LogP contribution in [-0.4, -0.2) is 16.6 Å². The second kappa shape index (κ2) is 6.81. The Bertz CT molecular complexity index is 765. The van der Waals surface area contributed by atoms with E-state index in [1.807, 2.05) is 54.8 Å². The molecule has 0 saturated carbocycles. The molecule has 0 bridgehead atoms. The van der Waals surface area contributed by atoms with Crippen molar-refractivity contribution in [1.82, 2.24) is 4.98 Å². The molecule has 1 amide bonds. The summed E-state index contributed by atoms with van der Waals surface area (Å²) in [6.07, 6.45) is 0. The van der Waals surface area contributed by atoms with Crippen molar-refractivity contribution in [2.45, 2.75) is 11.8 Å². The lowest BCUT2D eigenvalue weighted by molar-refractivity contribution is -0.113. The summed E-state index contributed by atoms with van der Waals surface area (Å²) >= 11 is 2.89. The van der Waals surface area contributed by atoms with Crippen molar-refractivity contribution in [1.29, 1.82) is 0 Å². The zero-order chi connectivity index (χ0) is 15.4. The van der Waals surface area contributed by atoms with E-state index < -0.39 is 0 Å². The van der Waals surface area contributed by atoms with Crippen molar-refractivity contribution >= 4 is 34.1 Å². The molecule has 0 unspecified atom stereocenters. The van der Waals surface area contributed by atoms with Gasteiger partial charge in [-0.3, -0.25) is 4.79 Å². The molecule has 0 spiro atoms. The molecular formula is C16H14N2O2S2. The number of anilines is 1. The number of carbonyl (C=O) groups excluding carboxylic acids is 1. The molecule has 0 atom stereocenters. The quantitative estimate of drug-likeness (QED) is 0.703. The maximum atomic E-state index is 11.9. The zero-order valence-electron chi connectivity index (χ0n) is 11.9. The summed E-state index contributed by atoms with van der Waals surface area (Å²) in [5, 5.41) is 5.27. The lowest BCUT2D eigenvalue weighted by Crippen LogP contribution is -2.13. The van der Waals surface area contributed by atoms with Crippen molar-refractivity contribution in [3.8, 4) is 11.5 Å². The number of hydrogen-bond donors (Lipinski definition) is 1. The van der Waals surface area contributed by atoms with Crippen LogP contribution in [0.5, 0.6) is 0 Å². The highest BCUT2D eigenvalue weighted by atomic mass is 32.2. The van der Waals surface area contributed by atoms with Crippen molar-refractivity contribution in [3.63, 3.8) is 0 Å². The number of hydrogen-bond acceptors (Lipinski definition) is 5. The number of furan rings is 1. The van der Waals surface area contributed by atoms with E-state index in [1.54, 1.807) is 0 Å². The number of aromatic nitrogens is 1. The zero-order valence-corrected chi connectivity index (χ0v) is 13.5. The van der Waals surface area contributed by atoms with Crippen LogP contribution in [0.4, 0.5) is 5.13 Å². The van der Waals surface area contributed by atoms with Gasteiger partial charge < -0.3 is 9.73 Å². The van der Waals surface area contributed by atoms with Crippen molar-refractivity contribution in [2.75, 3.05) is 11.1 Å². The number of thiazole rings is 1. The van der Waals surface area contributed by atoms with Crippen LogP contribution in [-0.2, 0) is 4.79 Å². The predicted octanol–water partition coefficient (Wildman–Crippen LogP) is 4.44. The van der Waals surface area contributed by atoms with Crippen molar-refractivity contribution in [3.05, 3.63) is 53.6 Å². The minimum Gasteiger partial charge on any atom is -0.460 e. The number of nitrogens with one attached hydrogen (secondary N) is 1. The molecule has 0 radical (unpaired) electrons. The number of carbonyl (C=O) groups is 1. The molecule has 6 heteroatoms. The summed E-state index contributed by atoms with van der Waals surface area (Å²) in [4.78, 5) is 17.4. The number of benzene rings is 1. The van der Waals surface area contributed by atoms with Crippen LogP contribution in [0, 0.1) is 6.92 Å². The van der Waals surface area contributed by atoms with Gasteiger partial charge in [0.25, 0.3) is 0 Å². The Kier molecular flexibility index (Phi) is 4.60. The first-order chi connectivity index (χ1) is 10.7. The van der Waals surface area contributed by atoms with Crippen LogP contribution >= 0.6 is 23.1 Å². The molecule has 1 N–H and O–H groups in total. The topological polar surface area (TPSA) is 55.1 Å². The number of nitrogens with zero attached hydrogens (tertiary/aromatic N) is 1. The average molecular weight is 330 g/mol. The highest BCUT2D eigenvalue weighted by Crippen LogP contribution is 2.26. The van der Waals surface area contributed by atoms with Crippen molar-refractivity contribution in [2.24, 2.45) is 0 Å². The number of amides is 1. The van der Waals surface area contributed by atoms with Gasteiger partial charge in [-0.05, 0) is 31.2 Å². The van der Waals surface area contributed by atoms with E-state index in [9.17, 15) is 4.79 Å². The molecule has 2 aromatic heterocycles. The summed E-state index contributed by atoms with van der Waals surface area (Å²) in [5.41, 5.74) is 0.740. The van der Waals surface area contributed by atoms with E-state index in [0.29, 0.717) is 16.6 Å². The Morgan fingerprint density at radius 1 is 1.27 bits per heavy atom. The Hall–Kier alpha value is -2.05.